The van der Waals surface area contributed by atoms with Gasteiger partial charge in [0.25, 0.3) is 0 Å². The lowest BCUT2D eigenvalue weighted by molar-refractivity contribution is -0.134. The predicted molar refractivity (Wildman–Crippen MR) is 81.6 cm³/mol. The summed E-state index contributed by atoms with van der Waals surface area (Å²) in [5, 5.41) is 4.29. The first kappa shape index (κ1) is 13.2. The smallest absolute Gasteiger partial charge is 0.226 e. The van der Waals surface area contributed by atoms with Crippen LogP contribution in [0.1, 0.15) is 38.3 Å². The van der Waals surface area contributed by atoms with Crippen molar-refractivity contribution in [3.8, 4) is 0 Å². The van der Waals surface area contributed by atoms with E-state index in [9.17, 15) is 4.79 Å². The van der Waals surface area contributed by atoms with Crippen molar-refractivity contribution in [1.82, 2.24) is 10.3 Å². The molecular formula is C17H22N2O. The number of carbonyl (C=O) groups is 1. The van der Waals surface area contributed by atoms with E-state index >= 15 is 0 Å². The number of fused-ring (bicyclic) bond motifs is 1. The Kier molecular flexibility index (Phi) is 3.51. The molecule has 2 aromatic rings. The third-order valence-corrected chi connectivity index (χ3v) is 4.73. The minimum absolute atomic E-state index is 0.157. The maximum absolute atomic E-state index is 12.2. The fourth-order valence-corrected chi connectivity index (χ4v) is 3.32. The van der Waals surface area contributed by atoms with Crippen LogP contribution in [0.5, 0.6) is 0 Å². The van der Waals surface area contributed by atoms with Crippen LogP contribution in [0.4, 0.5) is 0 Å². The molecule has 3 rings (SSSR count). The molecule has 20 heavy (non-hydrogen) atoms. The van der Waals surface area contributed by atoms with Crippen LogP contribution in [0.25, 0.3) is 10.9 Å². The molecule has 0 aliphatic carbocycles. The maximum Gasteiger partial charge on any atom is 0.226 e. The van der Waals surface area contributed by atoms with E-state index in [-0.39, 0.29) is 11.3 Å². The van der Waals surface area contributed by atoms with Crippen LogP contribution in [-0.2, 0) is 11.2 Å². The molecule has 2 heterocycles. The van der Waals surface area contributed by atoms with Crippen LogP contribution in [0.3, 0.4) is 0 Å². The van der Waals surface area contributed by atoms with Gasteiger partial charge in [-0.05, 0) is 49.6 Å². The summed E-state index contributed by atoms with van der Waals surface area (Å²) in [5.74, 6) is 0.252. The maximum atomic E-state index is 12.2. The second-order valence-electron chi connectivity index (χ2n) is 5.88. The van der Waals surface area contributed by atoms with Gasteiger partial charge in [0.05, 0.1) is 0 Å². The van der Waals surface area contributed by atoms with Gasteiger partial charge in [0.2, 0.25) is 5.91 Å². The van der Waals surface area contributed by atoms with Crippen molar-refractivity contribution in [2.75, 3.05) is 6.54 Å². The number of rotatable bonds is 4. The Morgan fingerprint density at radius 1 is 1.30 bits per heavy atom. The van der Waals surface area contributed by atoms with Gasteiger partial charge >= 0.3 is 0 Å². The fourth-order valence-electron chi connectivity index (χ4n) is 3.32. The van der Waals surface area contributed by atoms with Gasteiger partial charge in [0, 0.05) is 23.2 Å². The average Bonchev–Trinajstić information content (AvgIpc) is 2.90. The Balaban J connectivity index is 1.75. The van der Waals surface area contributed by atoms with Gasteiger partial charge in [0.1, 0.15) is 0 Å². The minimum atomic E-state index is -0.157. The molecule has 1 amide bonds. The van der Waals surface area contributed by atoms with Gasteiger partial charge in [-0.15, -0.1) is 0 Å². The van der Waals surface area contributed by atoms with Crippen LogP contribution >= 0.6 is 0 Å². The van der Waals surface area contributed by atoms with Crippen molar-refractivity contribution in [3.05, 3.63) is 36.0 Å². The number of amides is 1. The Morgan fingerprint density at radius 3 is 2.90 bits per heavy atom. The van der Waals surface area contributed by atoms with Gasteiger partial charge < -0.3 is 10.3 Å². The van der Waals surface area contributed by atoms with Crippen molar-refractivity contribution in [1.29, 1.82) is 0 Å². The Bertz CT molecular complexity index is 583. The van der Waals surface area contributed by atoms with Crippen molar-refractivity contribution < 1.29 is 4.79 Å². The lowest BCUT2D eigenvalue weighted by Crippen LogP contribution is -2.45. The zero-order chi connectivity index (χ0) is 14.0. The van der Waals surface area contributed by atoms with Gasteiger partial charge in [-0.25, -0.2) is 0 Å². The topological polar surface area (TPSA) is 44.9 Å². The second-order valence-corrected chi connectivity index (χ2v) is 5.88. The van der Waals surface area contributed by atoms with E-state index in [0.717, 1.165) is 38.6 Å². The number of H-pyrrole nitrogens is 1. The highest BCUT2D eigenvalue weighted by atomic mass is 16.2. The molecule has 1 aromatic heterocycles. The summed E-state index contributed by atoms with van der Waals surface area (Å²) in [6, 6.07) is 10.5. The third-order valence-electron chi connectivity index (χ3n) is 4.73. The van der Waals surface area contributed by atoms with Crippen molar-refractivity contribution in [2.24, 2.45) is 5.41 Å². The normalized spacial score (nSPS) is 22.9. The molecular weight excluding hydrogens is 248 g/mol. The number of carbonyl (C=O) groups excluding carboxylic acids is 1. The number of nitrogens with one attached hydrogen (secondary N) is 2. The molecule has 3 nitrogen and oxygen atoms in total. The molecule has 0 spiro atoms. The lowest BCUT2D eigenvalue weighted by atomic mass is 9.74. The number of piperidine rings is 1. The summed E-state index contributed by atoms with van der Waals surface area (Å²) in [6.07, 6.45) is 4.93. The molecule has 0 bridgehead atoms. The molecule has 1 aliphatic heterocycles. The quantitative estimate of drug-likeness (QED) is 0.878. The SMILES string of the molecule is CC[C@]1(CCc2cc3ccccc3[nH]2)CCCNC1=O. The summed E-state index contributed by atoms with van der Waals surface area (Å²) in [4.78, 5) is 15.7. The van der Waals surface area contributed by atoms with Crippen molar-refractivity contribution in [3.63, 3.8) is 0 Å². The minimum Gasteiger partial charge on any atom is -0.358 e. The molecule has 3 heteroatoms. The number of aryl methyl sites for hydroxylation is 1. The number of benzene rings is 1. The Morgan fingerprint density at radius 2 is 2.15 bits per heavy atom. The van der Waals surface area contributed by atoms with Gasteiger partial charge in [-0.3, -0.25) is 4.79 Å². The highest BCUT2D eigenvalue weighted by Gasteiger charge is 2.37. The fraction of sp³-hybridized carbons (Fsp3) is 0.471. The van der Waals surface area contributed by atoms with Crippen molar-refractivity contribution >= 4 is 16.8 Å². The average molecular weight is 270 g/mol. The first-order chi connectivity index (χ1) is 9.73. The Labute approximate surface area is 119 Å². The first-order valence-electron chi connectivity index (χ1n) is 7.58. The van der Waals surface area contributed by atoms with Crippen molar-refractivity contribution in [2.45, 2.75) is 39.0 Å². The lowest BCUT2D eigenvalue weighted by Gasteiger charge is -2.35. The molecule has 1 saturated heterocycles. The van der Waals surface area contributed by atoms with Gasteiger partial charge in [0.15, 0.2) is 0 Å². The molecule has 1 atom stereocenters. The molecule has 0 radical (unpaired) electrons. The molecule has 2 N–H and O–H groups in total. The predicted octanol–water partition coefficient (Wildman–Crippen LogP) is 3.41. The zero-order valence-electron chi connectivity index (χ0n) is 12.0. The largest absolute Gasteiger partial charge is 0.358 e. The number of aromatic amines is 1. The summed E-state index contributed by atoms with van der Waals surface area (Å²) in [6.45, 7) is 2.98. The molecule has 1 aliphatic rings. The molecule has 0 unspecified atom stereocenters. The van der Waals surface area contributed by atoms with Crippen LogP contribution in [-0.4, -0.2) is 17.4 Å². The van der Waals surface area contributed by atoms with Crippen LogP contribution in [0, 0.1) is 5.41 Å². The summed E-state index contributed by atoms with van der Waals surface area (Å²) < 4.78 is 0. The Hall–Kier alpha value is -1.77. The van der Waals surface area contributed by atoms with E-state index in [4.69, 9.17) is 0 Å². The highest BCUT2D eigenvalue weighted by molar-refractivity contribution is 5.83. The molecule has 1 fully saturated rings. The van der Waals surface area contributed by atoms with E-state index in [1.807, 2.05) is 6.07 Å². The van der Waals surface area contributed by atoms with Crippen LogP contribution in [0.2, 0.25) is 0 Å². The molecule has 1 aromatic carbocycles. The standard InChI is InChI=1S/C17H22N2O/c1-2-17(9-5-11-18-16(17)20)10-8-14-12-13-6-3-4-7-15(13)19-14/h3-4,6-7,12,19H,2,5,8-11H2,1H3,(H,18,20)/t17-/m1/s1. The summed E-state index contributed by atoms with van der Waals surface area (Å²) >= 11 is 0. The third kappa shape index (κ3) is 2.33. The first-order valence-corrected chi connectivity index (χ1v) is 7.58. The zero-order valence-corrected chi connectivity index (χ0v) is 12.0. The highest BCUT2D eigenvalue weighted by Crippen LogP contribution is 2.36. The van der Waals surface area contributed by atoms with Crippen LogP contribution < -0.4 is 5.32 Å². The summed E-state index contributed by atoms with van der Waals surface area (Å²) in [7, 11) is 0. The van der Waals surface area contributed by atoms with Gasteiger partial charge in [-0.2, -0.15) is 0 Å². The van der Waals surface area contributed by atoms with Crippen LogP contribution in [0.15, 0.2) is 30.3 Å². The van der Waals surface area contributed by atoms with Gasteiger partial charge in [-0.1, -0.05) is 25.1 Å². The molecule has 0 saturated carbocycles. The second kappa shape index (κ2) is 5.31. The van der Waals surface area contributed by atoms with E-state index in [0.29, 0.717) is 0 Å². The number of hydrogen-bond acceptors (Lipinski definition) is 1. The summed E-state index contributed by atoms with van der Waals surface area (Å²) in [5.41, 5.74) is 2.26. The number of para-hydroxylation sites is 1. The van der Waals surface area contributed by atoms with E-state index in [1.54, 1.807) is 0 Å². The number of aromatic nitrogens is 1. The number of hydrogen-bond donors (Lipinski definition) is 2. The molecule has 106 valence electrons. The van der Waals surface area contributed by atoms with E-state index in [1.165, 1.54) is 16.6 Å². The van der Waals surface area contributed by atoms with E-state index in [2.05, 4.69) is 41.5 Å². The van der Waals surface area contributed by atoms with E-state index < -0.39 is 0 Å². The monoisotopic (exact) mass is 270 g/mol.